The third-order valence-corrected chi connectivity index (χ3v) is 4.59. The van der Waals surface area contributed by atoms with Crippen LogP contribution >= 0.6 is 15.9 Å². The average molecular weight is 342 g/mol. The topological polar surface area (TPSA) is 37.4 Å². The Morgan fingerprint density at radius 2 is 1.94 bits per heavy atom. The summed E-state index contributed by atoms with van der Waals surface area (Å²) in [6, 6.07) is 2.42. The molecule has 0 spiro atoms. The van der Waals surface area contributed by atoms with Gasteiger partial charge in [0.05, 0.1) is 0 Å². The normalized spacial score (nSPS) is 12.1. The molecule has 0 aliphatic rings. The van der Waals surface area contributed by atoms with E-state index < -0.39 is 26.6 Å². The van der Waals surface area contributed by atoms with Crippen molar-refractivity contribution in [1.29, 1.82) is 0 Å². The van der Waals surface area contributed by atoms with Crippen molar-refractivity contribution >= 4 is 26.0 Å². The monoisotopic (exact) mass is 341 g/mol. The molecule has 0 bridgehead atoms. The number of hydrogen-bond donors (Lipinski definition) is 0. The molecule has 1 rings (SSSR count). The fourth-order valence-corrected chi connectivity index (χ4v) is 3.78. The summed E-state index contributed by atoms with van der Waals surface area (Å²) >= 11 is 3.14. The molecular weight excluding hydrogens is 328 g/mol. The molecule has 0 N–H and O–H groups in total. The molecule has 0 unspecified atom stereocenters. The second kappa shape index (κ2) is 6.58. The number of hydrogen-bond acceptors (Lipinski definition) is 2. The molecule has 0 aliphatic carbocycles. The van der Waals surface area contributed by atoms with Crippen LogP contribution in [0.2, 0.25) is 0 Å². The fraction of sp³-hybridized carbons (Fsp3) is 0.455. The third-order valence-electron chi connectivity index (χ3n) is 2.32. The van der Waals surface area contributed by atoms with E-state index in [9.17, 15) is 17.2 Å². The summed E-state index contributed by atoms with van der Waals surface area (Å²) in [7, 11) is -3.99. The molecule has 0 aromatic heterocycles. The number of sulfonamides is 1. The van der Waals surface area contributed by atoms with Crippen molar-refractivity contribution in [3.63, 3.8) is 0 Å². The lowest BCUT2D eigenvalue weighted by Crippen LogP contribution is -2.34. The molecule has 0 amide bonds. The van der Waals surface area contributed by atoms with Gasteiger partial charge < -0.3 is 0 Å². The smallest absolute Gasteiger partial charge is 0.207 e. The van der Waals surface area contributed by atoms with E-state index in [2.05, 4.69) is 15.9 Å². The van der Waals surface area contributed by atoms with Crippen molar-refractivity contribution in [3.05, 3.63) is 29.8 Å². The van der Waals surface area contributed by atoms with E-state index in [4.69, 9.17) is 0 Å². The number of rotatable bonds is 6. The van der Waals surface area contributed by atoms with Gasteiger partial charge in [0.25, 0.3) is 0 Å². The van der Waals surface area contributed by atoms with E-state index in [0.29, 0.717) is 17.8 Å². The molecule has 1 aromatic carbocycles. The second-order valence-corrected chi connectivity index (χ2v) is 6.37. The van der Waals surface area contributed by atoms with Gasteiger partial charge in [0.1, 0.15) is 16.5 Å². The quantitative estimate of drug-likeness (QED) is 0.746. The van der Waals surface area contributed by atoms with Crippen molar-refractivity contribution in [2.45, 2.75) is 18.2 Å². The minimum Gasteiger partial charge on any atom is -0.207 e. The van der Waals surface area contributed by atoms with E-state index in [-0.39, 0.29) is 13.1 Å². The Bertz CT molecular complexity index is 502. The molecule has 0 heterocycles. The van der Waals surface area contributed by atoms with Crippen LogP contribution in [-0.2, 0) is 10.0 Å². The summed E-state index contributed by atoms with van der Waals surface area (Å²) < 4.78 is 52.1. The highest BCUT2D eigenvalue weighted by Crippen LogP contribution is 2.20. The van der Waals surface area contributed by atoms with Crippen LogP contribution < -0.4 is 0 Å². The summed E-state index contributed by atoms with van der Waals surface area (Å²) in [5.41, 5.74) is 0. The fourth-order valence-electron chi connectivity index (χ4n) is 1.51. The number of nitrogens with zero attached hydrogens (tertiary/aromatic N) is 1. The number of benzene rings is 1. The molecule has 1 aromatic rings. The zero-order valence-corrected chi connectivity index (χ0v) is 12.3. The first-order chi connectivity index (χ1) is 8.43. The van der Waals surface area contributed by atoms with Crippen LogP contribution in [0.4, 0.5) is 8.78 Å². The van der Waals surface area contributed by atoms with Gasteiger partial charge in [-0.3, -0.25) is 0 Å². The van der Waals surface area contributed by atoms with Gasteiger partial charge in [-0.05, 0) is 24.6 Å². The molecule has 102 valence electrons. The zero-order valence-electron chi connectivity index (χ0n) is 9.87. The van der Waals surface area contributed by atoms with Crippen LogP contribution in [0.3, 0.4) is 0 Å². The van der Waals surface area contributed by atoms with Gasteiger partial charge >= 0.3 is 0 Å². The zero-order chi connectivity index (χ0) is 13.8. The summed E-state index contributed by atoms with van der Waals surface area (Å²) in [6.45, 7) is 2.30. The van der Waals surface area contributed by atoms with Gasteiger partial charge in [0, 0.05) is 18.4 Å². The van der Waals surface area contributed by atoms with Crippen molar-refractivity contribution in [3.8, 4) is 0 Å². The van der Waals surface area contributed by atoms with Crippen molar-refractivity contribution < 1.29 is 17.2 Å². The van der Waals surface area contributed by atoms with Gasteiger partial charge in [-0.15, -0.1) is 0 Å². The van der Waals surface area contributed by atoms with E-state index in [1.165, 1.54) is 0 Å². The van der Waals surface area contributed by atoms with Gasteiger partial charge in [-0.1, -0.05) is 22.9 Å². The van der Waals surface area contributed by atoms with E-state index in [1.54, 1.807) is 0 Å². The molecule has 0 radical (unpaired) electrons. The summed E-state index contributed by atoms with van der Waals surface area (Å²) in [5.74, 6) is -1.71. The van der Waals surface area contributed by atoms with E-state index in [0.717, 1.165) is 16.4 Å². The summed E-state index contributed by atoms with van der Waals surface area (Å²) in [6.07, 6.45) is 0.600. The first-order valence-electron chi connectivity index (χ1n) is 5.44. The Hall–Kier alpha value is -0.530. The predicted molar refractivity (Wildman–Crippen MR) is 69.2 cm³/mol. The van der Waals surface area contributed by atoms with Gasteiger partial charge in [0.2, 0.25) is 10.0 Å². The highest BCUT2D eigenvalue weighted by molar-refractivity contribution is 9.09. The SMILES string of the molecule is CCCN(CCBr)S(=O)(=O)c1cc(F)ccc1F. The predicted octanol–water partition coefficient (Wildman–Crippen LogP) is 2.76. The maximum absolute atomic E-state index is 13.5. The van der Waals surface area contributed by atoms with E-state index >= 15 is 0 Å². The Morgan fingerprint density at radius 1 is 1.28 bits per heavy atom. The van der Waals surface area contributed by atoms with Gasteiger partial charge in [-0.25, -0.2) is 17.2 Å². The molecule has 0 aliphatic heterocycles. The molecule has 18 heavy (non-hydrogen) atoms. The van der Waals surface area contributed by atoms with Crippen LogP contribution in [0.15, 0.2) is 23.1 Å². The highest BCUT2D eigenvalue weighted by Gasteiger charge is 2.26. The summed E-state index contributed by atoms with van der Waals surface area (Å²) in [5, 5.41) is 0.434. The van der Waals surface area contributed by atoms with Crippen molar-refractivity contribution in [2.24, 2.45) is 0 Å². The first kappa shape index (κ1) is 15.5. The van der Waals surface area contributed by atoms with E-state index in [1.807, 2.05) is 6.92 Å². The average Bonchev–Trinajstić information content (AvgIpc) is 2.32. The Labute approximate surface area is 114 Å². The van der Waals surface area contributed by atoms with Crippen LogP contribution in [0.25, 0.3) is 0 Å². The van der Waals surface area contributed by atoms with Crippen LogP contribution in [0.1, 0.15) is 13.3 Å². The van der Waals surface area contributed by atoms with Crippen molar-refractivity contribution in [2.75, 3.05) is 18.4 Å². The number of alkyl halides is 1. The molecule has 0 saturated heterocycles. The minimum absolute atomic E-state index is 0.214. The molecule has 7 heteroatoms. The minimum atomic E-state index is -3.99. The third kappa shape index (κ3) is 3.49. The molecule has 0 saturated carbocycles. The standard InChI is InChI=1S/C11H14BrF2NO2S/c1-2-6-15(7-5-12)18(16,17)11-8-9(13)3-4-10(11)14/h3-4,8H,2,5-7H2,1H3. The van der Waals surface area contributed by atoms with Gasteiger partial charge in [-0.2, -0.15) is 4.31 Å². The van der Waals surface area contributed by atoms with Gasteiger partial charge in [0.15, 0.2) is 0 Å². The first-order valence-corrected chi connectivity index (χ1v) is 8.00. The molecule has 3 nitrogen and oxygen atoms in total. The number of halogens is 3. The van der Waals surface area contributed by atoms with Crippen LogP contribution in [0.5, 0.6) is 0 Å². The maximum Gasteiger partial charge on any atom is 0.246 e. The Balaban J connectivity index is 3.21. The Morgan fingerprint density at radius 3 is 2.50 bits per heavy atom. The highest BCUT2D eigenvalue weighted by atomic mass is 79.9. The lowest BCUT2D eigenvalue weighted by molar-refractivity contribution is 0.425. The maximum atomic E-state index is 13.5. The molecule has 0 atom stereocenters. The Kier molecular flexibility index (Phi) is 5.68. The molecule has 0 fully saturated rings. The van der Waals surface area contributed by atoms with Crippen LogP contribution in [0, 0.1) is 11.6 Å². The van der Waals surface area contributed by atoms with Crippen LogP contribution in [-0.4, -0.2) is 31.1 Å². The second-order valence-electron chi connectivity index (χ2n) is 3.67. The van der Waals surface area contributed by atoms with Crippen molar-refractivity contribution in [1.82, 2.24) is 4.31 Å². The molecular formula is C11H14BrF2NO2S. The summed E-state index contributed by atoms with van der Waals surface area (Å²) in [4.78, 5) is -0.614. The largest absolute Gasteiger partial charge is 0.246 e. The lowest BCUT2D eigenvalue weighted by atomic mass is 10.3. The lowest BCUT2D eigenvalue weighted by Gasteiger charge is -2.20.